The molecule has 19 heavy (non-hydrogen) atoms. The summed E-state index contributed by atoms with van der Waals surface area (Å²) >= 11 is 7.30. The standard InChI is InChI=1S/C15H10ClFOS/c16-11-4-2-5-12(8-11)18-9-13-7-10-3-1-6-14(17)15(10)19-13/h1-8H,9H2. The van der Waals surface area contributed by atoms with Crippen LogP contribution in [0.1, 0.15) is 4.88 Å². The average Bonchev–Trinajstić information content (AvgIpc) is 2.81. The van der Waals surface area contributed by atoms with Gasteiger partial charge in [-0.2, -0.15) is 0 Å². The summed E-state index contributed by atoms with van der Waals surface area (Å²) in [6, 6.07) is 14.3. The zero-order chi connectivity index (χ0) is 13.2. The second kappa shape index (κ2) is 5.19. The topological polar surface area (TPSA) is 9.23 Å². The number of halogens is 2. The summed E-state index contributed by atoms with van der Waals surface area (Å²) < 4.78 is 19.9. The minimum Gasteiger partial charge on any atom is -0.488 e. The van der Waals surface area contributed by atoms with Crippen LogP contribution in [-0.2, 0) is 6.61 Å². The second-order valence-electron chi connectivity index (χ2n) is 4.12. The van der Waals surface area contributed by atoms with Crippen LogP contribution in [-0.4, -0.2) is 0 Å². The quantitative estimate of drug-likeness (QED) is 0.639. The summed E-state index contributed by atoms with van der Waals surface area (Å²) in [5.41, 5.74) is 0. The lowest BCUT2D eigenvalue weighted by Crippen LogP contribution is -1.92. The zero-order valence-electron chi connectivity index (χ0n) is 9.90. The Labute approximate surface area is 119 Å². The average molecular weight is 293 g/mol. The summed E-state index contributed by atoms with van der Waals surface area (Å²) in [4.78, 5) is 0.986. The second-order valence-corrected chi connectivity index (χ2v) is 5.69. The van der Waals surface area contributed by atoms with Crippen molar-refractivity contribution in [3.8, 4) is 5.75 Å². The van der Waals surface area contributed by atoms with Gasteiger partial charge in [0.25, 0.3) is 0 Å². The van der Waals surface area contributed by atoms with Crippen molar-refractivity contribution >= 4 is 33.0 Å². The van der Waals surface area contributed by atoms with Crippen LogP contribution in [0.3, 0.4) is 0 Å². The fraction of sp³-hybridized carbons (Fsp3) is 0.0667. The van der Waals surface area contributed by atoms with E-state index in [1.54, 1.807) is 18.2 Å². The number of rotatable bonds is 3. The van der Waals surface area contributed by atoms with E-state index in [-0.39, 0.29) is 5.82 Å². The highest BCUT2D eigenvalue weighted by atomic mass is 35.5. The van der Waals surface area contributed by atoms with Gasteiger partial charge in [-0.05, 0) is 35.7 Å². The molecule has 96 valence electrons. The van der Waals surface area contributed by atoms with Gasteiger partial charge in [0.15, 0.2) is 0 Å². The molecule has 3 aromatic rings. The van der Waals surface area contributed by atoms with E-state index in [0.717, 1.165) is 10.3 Å². The highest BCUT2D eigenvalue weighted by Crippen LogP contribution is 2.29. The van der Waals surface area contributed by atoms with E-state index >= 15 is 0 Å². The maximum Gasteiger partial charge on any atom is 0.140 e. The molecule has 0 saturated heterocycles. The lowest BCUT2D eigenvalue weighted by Gasteiger charge is -2.04. The summed E-state index contributed by atoms with van der Waals surface area (Å²) in [5.74, 6) is 0.530. The van der Waals surface area contributed by atoms with Crippen molar-refractivity contribution in [3.63, 3.8) is 0 Å². The monoisotopic (exact) mass is 292 g/mol. The van der Waals surface area contributed by atoms with E-state index in [2.05, 4.69) is 0 Å². The normalized spacial score (nSPS) is 10.8. The number of hydrogen-bond donors (Lipinski definition) is 0. The highest BCUT2D eigenvalue weighted by Gasteiger charge is 2.06. The lowest BCUT2D eigenvalue weighted by molar-refractivity contribution is 0.310. The molecule has 0 N–H and O–H groups in total. The lowest BCUT2D eigenvalue weighted by atomic mass is 10.2. The molecule has 0 atom stereocenters. The summed E-state index contributed by atoms with van der Waals surface area (Å²) in [6.45, 7) is 0.416. The maximum atomic E-state index is 13.6. The molecular formula is C15H10ClFOS. The summed E-state index contributed by atoms with van der Waals surface area (Å²) in [7, 11) is 0. The molecule has 0 radical (unpaired) electrons. The Balaban J connectivity index is 1.80. The third kappa shape index (κ3) is 2.72. The van der Waals surface area contributed by atoms with Gasteiger partial charge in [-0.3, -0.25) is 0 Å². The molecular weight excluding hydrogens is 283 g/mol. The molecule has 3 rings (SSSR count). The van der Waals surface area contributed by atoms with Crippen molar-refractivity contribution in [2.75, 3.05) is 0 Å². The highest BCUT2D eigenvalue weighted by molar-refractivity contribution is 7.19. The first-order valence-corrected chi connectivity index (χ1v) is 6.97. The van der Waals surface area contributed by atoms with Crippen LogP contribution < -0.4 is 4.74 Å². The first kappa shape index (κ1) is 12.5. The van der Waals surface area contributed by atoms with Gasteiger partial charge >= 0.3 is 0 Å². The fourth-order valence-corrected chi connectivity index (χ4v) is 3.02. The van der Waals surface area contributed by atoms with Gasteiger partial charge in [0.2, 0.25) is 0 Å². The van der Waals surface area contributed by atoms with Crippen LogP contribution >= 0.6 is 22.9 Å². The number of fused-ring (bicyclic) bond motifs is 1. The van der Waals surface area contributed by atoms with Crippen LogP contribution in [0.2, 0.25) is 5.02 Å². The first-order chi connectivity index (χ1) is 9.22. The van der Waals surface area contributed by atoms with Crippen LogP contribution in [0.4, 0.5) is 4.39 Å². The molecule has 1 aromatic heterocycles. The predicted octanol–water partition coefficient (Wildman–Crippen LogP) is 5.27. The SMILES string of the molecule is Fc1cccc2cc(COc3cccc(Cl)c3)sc12. The van der Waals surface area contributed by atoms with E-state index in [1.807, 2.05) is 24.3 Å². The third-order valence-electron chi connectivity index (χ3n) is 2.72. The van der Waals surface area contributed by atoms with Crippen molar-refractivity contribution < 1.29 is 9.13 Å². The maximum absolute atomic E-state index is 13.6. The smallest absolute Gasteiger partial charge is 0.140 e. The van der Waals surface area contributed by atoms with Crippen molar-refractivity contribution in [1.29, 1.82) is 0 Å². The van der Waals surface area contributed by atoms with E-state index < -0.39 is 0 Å². The number of ether oxygens (including phenoxy) is 1. The van der Waals surface area contributed by atoms with Crippen LogP contribution in [0.15, 0.2) is 48.5 Å². The Morgan fingerprint density at radius 2 is 1.95 bits per heavy atom. The summed E-state index contributed by atoms with van der Waals surface area (Å²) in [6.07, 6.45) is 0. The molecule has 0 saturated carbocycles. The molecule has 0 aliphatic carbocycles. The molecule has 4 heteroatoms. The first-order valence-electron chi connectivity index (χ1n) is 5.78. The molecule has 0 spiro atoms. The van der Waals surface area contributed by atoms with Crippen LogP contribution in [0, 0.1) is 5.82 Å². The molecule has 0 fully saturated rings. The molecule has 2 aromatic carbocycles. The van der Waals surface area contributed by atoms with Gasteiger partial charge < -0.3 is 4.74 Å². The fourth-order valence-electron chi connectivity index (χ4n) is 1.86. The molecule has 0 aliphatic rings. The minimum atomic E-state index is -0.184. The third-order valence-corrected chi connectivity index (χ3v) is 4.09. The van der Waals surface area contributed by atoms with E-state index in [4.69, 9.17) is 16.3 Å². The van der Waals surface area contributed by atoms with Crippen molar-refractivity contribution in [3.05, 3.63) is 64.2 Å². The van der Waals surface area contributed by atoms with E-state index in [9.17, 15) is 4.39 Å². The molecule has 0 aliphatic heterocycles. The number of benzene rings is 2. The van der Waals surface area contributed by atoms with Gasteiger partial charge in [-0.1, -0.05) is 29.8 Å². The van der Waals surface area contributed by atoms with E-state index in [0.29, 0.717) is 22.1 Å². The Bertz CT molecular complexity index is 723. The Morgan fingerprint density at radius 3 is 2.74 bits per heavy atom. The van der Waals surface area contributed by atoms with Crippen LogP contribution in [0.25, 0.3) is 10.1 Å². The van der Waals surface area contributed by atoms with Gasteiger partial charge in [-0.25, -0.2) is 4.39 Å². The molecule has 0 amide bonds. The predicted molar refractivity (Wildman–Crippen MR) is 77.6 cm³/mol. The summed E-state index contributed by atoms with van der Waals surface area (Å²) in [5, 5.41) is 1.55. The van der Waals surface area contributed by atoms with E-state index in [1.165, 1.54) is 17.4 Å². The largest absolute Gasteiger partial charge is 0.488 e. The van der Waals surface area contributed by atoms with Crippen molar-refractivity contribution in [2.45, 2.75) is 6.61 Å². The Hall–Kier alpha value is -1.58. The van der Waals surface area contributed by atoms with Crippen molar-refractivity contribution in [2.24, 2.45) is 0 Å². The molecule has 0 bridgehead atoms. The van der Waals surface area contributed by atoms with Gasteiger partial charge in [0.1, 0.15) is 18.2 Å². The Morgan fingerprint density at radius 1 is 1.11 bits per heavy atom. The number of thiophene rings is 1. The Kier molecular flexibility index (Phi) is 3.40. The zero-order valence-corrected chi connectivity index (χ0v) is 11.5. The number of hydrogen-bond acceptors (Lipinski definition) is 2. The van der Waals surface area contributed by atoms with Crippen molar-refractivity contribution in [1.82, 2.24) is 0 Å². The van der Waals surface area contributed by atoms with Gasteiger partial charge in [-0.15, -0.1) is 11.3 Å². The van der Waals surface area contributed by atoms with Gasteiger partial charge in [0.05, 0.1) is 4.70 Å². The van der Waals surface area contributed by atoms with Crippen LogP contribution in [0.5, 0.6) is 5.75 Å². The van der Waals surface area contributed by atoms with Gasteiger partial charge in [0, 0.05) is 9.90 Å². The molecule has 1 nitrogen and oxygen atoms in total. The molecule has 1 heterocycles. The molecule has 0 unspecified atom stereocenters. The minimum absolute atomic E-state index is 0.184.